The summed E-state index contributed by atoms with van der Waals surface area (Å²) in [6.45, 7) is 1.67. The van der Waals surface area contributed by atoms with Crippen molar-refractivity contribution in [2.24, 2.45) is 5.90 Å². The van der Waals surface area contributed by atoms with Gasteiger partial charge < -0.3 is 9.63 Å². The van der Waals surface area contributed by atoms with Gasteiger partial charge in [-0.3, -0.25) is 4.57 Å². The lowest BCUT2D eigenvalue weighted by Crippen LogP contribution is -2.06. The molecule has 0 aromatic rings. The van der Waals surface area contributed by atoms with Crippen molar-refractivity contribution in [2.75, 3.05) is 19.4 Å². The van der Waals surface area contributed by atoms with E-state index in [9.17, 15) is 4.57 Å². The fourth-order valence-electron chi connectivity index (χ4n) is 0.467. The maximum Gasteiger partial charge on any atom is 0.349 e. The van der Waals surface area contributed by atoms with Crippen LogP contribution in [0.2, 0.25) is 0 Å². The molecule has 0 bridgehead atoms. The molecule has 0 aromatic carbocycles. The highest BCUT2D eigenvalue weighted by molar-refractivity contribution is 7.53. The molecule has 0 saturated heterocycles. The van der Waals surface area contributed by atoms with Crippen molar-refractivity contribution in [1.29, 1.82) is 0 Å². The fraction of sp³-hybridized carbons (Fsp3) is 1.00. The van der Waals surface area contributed by atoms with Crippen LogP contribution in [0.4, 0.5) is 0 Å². The molecule has 0 rings (SSSR count). The molecule has 0 radical (unpaired) electrons. The van der Waals surface area contributed by atoms with Crippen molar-refractivity contribution in [2.45, 2.75) is 6.92 Å². The zero-order valence-electron chi connectivity index (χ0n) is 5.82. The molecule has 0 aliphatic carbocycles. The highest BCUT2D eigenvalue weighted by atomic mass is 31.2. The number of hydrogen-bond acceptors (Lipinski definition) is 5. The van der Waals surface area contributed by atoms with Gasteiger partial charge in [0.05, 0.1) is 19.4 Å². The predicted molar refractivity (Wildman–Crippen MR) is 36.5 cm³/mol. The van der Waals surface area contributed by atoms with Crippen LogP contribution in [0.3, 0.4) is 0 Å². The molecular weight excluding hydrogens is 157 g/mol. The minimum Gasteiger partial charge on any atom is -0.396 e. The zero-order chi connectivity index (χ0) is 8.04. The average molecular weight is 169 g/mol. The molecule has 0 heterocycles. The minimum absolute atomic E-state index is 0.0582. The number of hydrogen-bond donors (Lipinski definition) is 2. The topological polar surface area (TPSA) is 81.8 Å². The van der Waals surface area contributed by atoms with E-state index in [1.165, 1.54) is 0 Å². The Morgan fingerprint density at radius 2 is 2.30 bits per heavy atom. The van der Waals surface area contributed by atoms with Gasteiger partial charge in [0, 0.05) is 0 Å². The van der Waals surface area contributed by atoms with Gasteiger partial charge in [0.25, 0.3) is 0 Å². The molecule has 0 aliphatic heterocycles. The van der Waals surface area contributed by atoms with Gasteiger partial charge in [0.15, 0.2) is 0 Å². The molecule has 1 atom stereocenters. The summed E-state index contributed by atoms with van der Waals surface area (Å²) in [5.74, 6) is 4.68. The molecule has 3 N–H and O–H groups in total. The first-order chi connectivity index (χ1) is 4.68. The van der Waals surface area contributed by atoms with Gasteiger partial charge in [0.2, 0.25) is 0 Å². The van der Waals surface area contributed by atoms with Gasteiger partial charge in [-0.1, -0.05) is 0 Å². The van der Waals surface area contributed by atoms with Crippen LogP contribution in [0.25, 0.3) is 0 Å². The second-order valence-corrected chi connectivity index (χ2v) is 3.72. The van der Waals surface area contributed by atoms with Crippen LogP contribution >= 0.6 is 7.60 Å². The van der Waals surface area contributed by atoms with Crippen LogP contribution < -0.4 is 5.90 Å². The summed E-state index contributed by atoms with van der Waals surface area (Å²) in [5.41, 5.74) is 0. The Labute approximate surface area is 59.6 Å². The SMILES string of the molecule is CCOP(=O)(CCO)ON. The lowest BCUT2D eigenvalue weighted by Gasteiger charge is -2.11. The molecule has 62 valence electrons. The van der Waals surface area contributed by atoms with Crippen molar-refractivity contribution in [3.8, 4) is 0 Å². The third kappa shape index (κ3) is 3.29. The van der Waals surface area contributed by atoms with Gasteiger partial charge in [-0.15, -0.1) is 0 Å². The number of aliphatic hydroxyl groups is 1. The van der Waals surface area contributed by atoms with E-state index in [2.05, 4.69) is 15.0 Å². The molecule has 0 fully saturated rings. The minimum atomic E-state index is -3.17. The summed E-state index contributed by atoms with van der Waals surface area (Å²) >= 11 is 0. The van der Waals surface area contributed by atoms with Crippen LogP contribution in [0.5, 0.6) is 0 Å². The molecular formula is C4H12NO4P. The molecule has 6 heteroatoms. The lowest BCUT2D eigenvalue weighted by atomic mass is 10.9. The summed E-state index contributed by atoms with van der Waals surface area (Å²) in [5, 5.41) is 8.37. The largest absolute Gasteiger partial charge is 0.396 e. The van der Waals surface area contributed by atoms with E-state index in [0.29, 0.717) is 0 Å². The van der Waals surface area contributed by atoms with Crippen LogP contribution in [0.15, 0.2) is 0 Å². The van der Waals surface area contributed by atoms with Crippen molar-refractivity contribution < 1.29 is 18.8 Å². The lowest BCUT2D eigenvalue weighted by molar-refractivity contribution is 0.207. The molecule has 0 amide bonds. The Balaban J connectivity index is 3.83. The predicted octanol–water partition coefficient (Wildman–Crippen LogP) is 0.0986. The maximum atomic E-state index is 11.1. The van der Waals surface area contributed by atoms with Gasteiger partial charge in [-0.05, 0) is 6.92 Å². The average Bonchev–Trinajstić information content (AvgIpc) is 1.89. The van der Waals surface area contributed by atoms with Crippen molar-refractivity contribution in [3.05, 3.63) is 0 Å². The summed E-state index contributed by atoms with van der Waals surface area (Å²) in [4.78, 5) is 0. The van der Waals surface area contributed by atoms with E-state index in [0.717, 1.165) is 0 Å². The van der Waals surface area contributed by atoms with Crippen LogP contribution in [-0.4, -0.2) is 24.5 Å². The van der Waals surface area contributed by atoms with E-state index in [1.807, 2.05) is 0 Å². The Bertz CT molecular complexity index is 118. The van der Waals surface area contributed by atoms with Crippen molar-refractivity contribution in [3.63, 3.8) is 0 Å². The highest BCUT2D eigenvalue weighted by Gasteiger charge is 2.21. The smallest absolute Gasteiger partial charge is 0.349 e. The van der Waals surface area contributed by atoms with E-state index in [1.54, 1.807) is 6.92 Å². The van der Waals surface area contributed by atoms with Crippen molar-refractivity contribution in [1.82, 2.24) is 0 Å². The van der Waals surface area contributed by atoms with E-state index < -0.39 is 7.60 Å². The molecule has 10 heavy (non-hydrogen) atoms. The van der Waals surface area contributed by atoms with Crippen LogP contribution in [-0.2, 0) is 13.7 Å². The third-order valence-corrected chi connectivity index (χ3v) is 2.58. The second kappa shape index (κ2) is 4.82. The molecule has 0 aliphatic rings. The standard InChI is InChI=1S/C4H12NO4P/c1-2-8-10(7,9-5)4-3-6/h6H,2-5H2,1H3. The zero-order valence-corrected chi connectivity index (χ0v) is 6.71. The normalized spacial score (nSPS) is 16.7. The Morgan fingerprint density at radius 1 is 1.70 bits per heavy atom. The Kier molecular flexibility index (Phi) is 4.85. The first-order valence-electron chi connectivity index (χ1n) is 2.91. The van der Waals surface area contributed by atoms with Gasteiger partial charge in [-0.2, -0.15) is 0 Å². The van der Waals surface area contributed by atoms with E-state index in [-0.39, 0.29) is 19.4 Å². The molecule has 0 spiro atoms. The molecule has 5 nitrogen and oxygen atoms in total. The summed E-state index contributed by atoms with van der Waals surface area (Å²) in [6, 6.07) is 0. The molecule has 0 aromatic heterocycles. The number of rotatable bonds is 5. The fourth-order valence-corrected chi connectivity index (χ4v) is 1.40. The Morgan fingerprint density at radius 3 is 2.60 bits per heavy atom. The Hall–Kier alpha value is 0.0700. The van der Waals surface area contributed by atoms with E-state index in [4.69, 9.17) is 5.11 Å². The summed E-state index contributed by atoms with van der Waals surface area (Å²) < 4.78 is 19.8. The number of nitrogens with two attached hydrogens (primary N) is 1. The third-order valence-electron chi connectivity index (χ3n) is 0.860. The number of aliphatic hydroxyl groups excluding tert-OH is 1. The summed E-state index contributed by atoms with van der Waals surface area (Å²) in [6.07, 6.45) is -0.0582. The first kappa shape index (κ1) is 10.1. The van der Waals surface area contributed by atoms with Crippen molar-refractivity contribution >= 4 is 7.60 Å². The van der Waals surface area contributed by atoms with Crippen LogP contribution in [0.1, 0.15) is 6.92 Å². The quantitative estimate of drug-likeness (QED) is 0.450. The molecule has 0 saturated carbocycles. The van der Waals surface area contributed by atoms with E-state index >= 15 is 0 Å². The monoisotopic (exact) mass is 169 g/mol. The second-order valence-electron chi connectivity index (χ2n) is 1.58. The van der Waals surface area contributed by atoms with Gasteiger partial charge >= 0.3 is 7.60 Å². The van der Waals surface area contributed by atoms with Gasteiger partial charge in [-0.25, -0.2) is 10.5 Å². The first-order valence-corrected chi connectivity index (χ1v) is 4.64. The maximum absolute atomic E-state index is 11.1. The van der Waals surface area contributed by atoms with Crippen LogP contribution in [0, 0.1) is 0 Å². The highest BCUT2D eigenvalue weighted by Crippen LogP contribution is 2.45. The molecule has 1 unspecified atom stereocenters. The van der Waals surface area contributed by atoms with Gasteiger partial charge in [0.1, 0.15) is 0 Å². The summed E-state index contributed by atoms with van der Waals surface area (Å²) in [7, 11) is -3.17.